The Labute approximate surface area is 186 Å². The number of aliphatic carboxylic acids is 1. The van der Waals surface area contributed by atoms with Crippen molar-refractivity contribution in [2.24, 2.45) is 0 Å². The highest BCUT2D eigenvalue weighted by molar-refractivity contribution is 5.91. The fourth-order valence-corrected chi connectivity index (χ4v) is 3.58. The number of pyridine rings is 2. The number of fused-ring (bicyclic) bond motifs is 2. The van der Waals surface area contributed by atoms with E-state index >= 15 is 0 Å². The summed E-state index contributed by atoms with van der Waals surface area (Å²) in [4.78, 5) is 30.8. The van der Waals surface area contributed by atoms with Gasteiger partial charge in [0.1, 0.15) is 0 Å². The van der Waals surface area contributed by atoms with Crippen LogP contribution in [0.5, 0.6) is 0 Å². The topological polar surface area (TPSA) is 89.4 Å². The van der Waals surface area contributed by atoms with Crippen molar-refractivity contribution in [2.45, 2.75) is 32.6 Å². The lowest BCUT2D eigenvalue weighted by atomic mass is 9.96. The van der Waals surface area contributed by atoms with Gasteiger partial charge in [-0.25, -0.2) is 0 Å². The normalized spacial score (nSPS) is 12.5. The lowest BCUT2D eigenvalue weighted by Gasteiger charge is -2.13. The number of hydrogen-bond acceptors (Lipinski definition) is 5. The monoisotopic (exact) mass is 430 g/mol. The number of nitrogens with zero attached hydrogens (tertiary/aromatic N) is 2. The van der Waals surface area contributed by atoms with Gasteiger partial charge in [-0.15, -0.1) is 0 Å². The Morgan fingerprint density at radius 1 is 0.844 bits per heavy atom. The first-order valence-corrected chi connectivity index (χ1v) is 10.5. The van der Waals surface area contributed by atoms with Crippen molar-refractivity contribution >= 4 is 33.5 Å². The van der Waals surface area contributed by atoms with Crippen molar-refractivity contribution in [2.75, 3.05) is 6.61 Å². The second-order valence-electron chi connectivity index (χ2n) is 7.42. The molecule has 0 aliphatic carbocycles. The van der Waals surface area contributed by atoms with Crippen LogP contribution < -0.4 is 0 Å². The smallest absolute Gasteiger partial charge is 0.313 e. The molecule has 2 atom stereocenters. The maximum absolute atomic E-state index is 11.7. The van der Waals surface area contributed by atoms with Gasteiger partial charge >= 0.3 is 11.9 Å². The van der Waals surface area contributed by atoms with Gasteiger partial charge in [-0.2, -0.15) is 0 Å². The van der Waals surface area contributed by atoms with E-state index in [1.807, 2.05) is 62.4 Å². The quantitative estimate of drug-likeness (QED) is 0.431. The lowest BCUT2D eigenvalue weighted by molar-refractivity contribution is -0.144. The van der Waals surface area contributed by atoms with E-state index in [4.69, 9.17) is 9.84 Å². The number of benzene rings is 2. The molecule has 2 aromatic heterocycles. The lowest BCUT2D eigenvalue weighted by Crippen LogP contribution is -2.13. The molecule has 1 N–H and O–H groups in total. The minimum Gasteiger partial charge on any atom is -0.481 e. The average Bonchev–Trinajstić information content (AvgIpc) is 2.83. The molecular weight excluding hydrogens is 404 g/mol. The van der Waals surface area contributed by atoms with Crippen molar-refractivity contribution in [1.82, 2.24) is 9.97 Å². The minimum absolute atomic E-state index is 0.184. The van der Waals surface area contributed by atoms with Crippen LogP contribution in [0.4, 0.5) is 0 Å². The molecule has 2 heterocycles. The summed E-state index contributed by atoms with van der Waals surface area (Å²) in [5.41, 5.74) is 1.82. The van der Waals surface area contributed by atoms with Crippen LogP contribution in [0.2, 0.25) is 0 Å². The molecule has 0 spiro atoms. The number of hydrogen-bond donors (Lipinski definition) is 1. The SMILES string of the molecule is CC(C(=O)O)c1cccc2cnccc12.CCOC(=O)C(C)c1cccc2cnccc12. The molecule has 0 aliphatic heterocycles. The van der Waals surface area contributed by atoms with E-state index in [2.05, 4.69) is 9.97 Å². The Kier molecular flexibility index (Phi) is 7.49. The van der Waals surface area contributed by atoms with Gasteiger partial charge in [-0.3, -0.25) is 19.6 Å². The summed E-state index contributed by atoms with van der Waals surface area (Å²) in [6.45, 7) is 5.79. The highest BCUT2D eigenvalue weighted by atomic mass is 16.5. The van der Waals surface area contributed by atoms with Crippen LogP contribution in [0.25, 0.3) is 21.5 Å². The molecule has 0 saturated heterocycles. The molecule has 2 aromatic carbocycles. The molecule has 32 heavy (non-hydrogen) atoms. The fourth-order valence-electron chi connectivity index (χ4n) is 3.58. The van der Waals surface area contributed by atoms with Gasteiger partial charge in [0.25, 0.3) is 0 Å². The average molecular weight is 431 g/mol. The van der Waals surface area contributed by atoms with Gasteiger partial charge in [0.05, 0.1) is 18.4 Å². The first-order valence-electron chi connectivity index (χ1n) is 10.5. The van der Waals surface area contributed by atoms with Crippen molar-refractivity contribution in [3.8, 4) is 0 Å². The number of carbonyl (C=O) groups is 2. The summed E-state index contributed by atoms with van der Waals surface area (Å²) in [7, 11) is 0. The number of carboxylic acids is 1. The van der Waals surface area contributed by atoms with E-state index in [1.54, 1.807) is 31.7 Å². The first-order chi connectivity index (χ1) is 15.4. The predicted molar refractivity (Wildman–Crippen MR) is 125 cm³/mol. The van der Waals surface area contributed by atoms with E-state index in [-0.39, 0.29) is 11.9 Å². The fraction of sp³-hybridized carbons (Fsp3) is 0.231. The second-order valence-corrected chi connectivity index (χ2v) is 7.42. The van der Waals surface area contributed by atoms with Crippen LogP contribution in [0, 0.1) is 0 Å². The molecule has 0 radical (unpaired) electrons. The van der Waals surface area contributed by atoms with Gasteiger partial charge in [0.2, 0.25) is 0 Å². The van der Waals surface area contributed by atoms with Crippen molar-refractivity contribution < 1.29 is 19.4 Å². The molecule has 4 aromatic rings. The standard InChI is InChI=1S/C14H15NO2.C12H11NO2/c1-3-17-14(16)10(2)12-6-4-5-11-9-15-8-7-13(11)12;1-8(12(14)15)10-4-2-3-9-7-13-6-5-11(9)10/h4-10H,3H2,1-2H3;2-8H,1H3,(H,14,15). The zero-order valence-electron chi connectivity index (χ0n) is 18.4. The highest BCUT2D eigenvalue weighted by Gasteiger charge is 2.18. The number of esters is 1. The van der Waals surface area contributed by atoms with Gasteiger partial charge in [-0.05, 0) is 54.8 Å². The van der Waals surface area contributed by atoms with Crippen LogP contribution in [0.15, 0.2) is 73.3 Å². The van der Waals surface area contributed by atoms with E-state index in [1.165, 1.54) is 0 Å². The predicted octanol–water partition coefficient (Wildman–Crippen LogP) is 5.32. The largest absolute Gasteiger partial charge is 0.481 e. The Hall–Kier alpha value is -3.80. The number of aromatic nitrogens is 2. The summed E-state index contributed by atoms with van der Waals surface area (Å²) in [6, 6.07) is 15.3. The molecule has 0 bridgehead atoms. The summed E-state index contributed by atoms with van der Waals surface area (Å²) in [6.07, 6.45) is 6.97. The molecule has 6 nitrogen and oxygen atoms in total. The molecule has 2 unspecified atom stereocenters. The third-order valence-corrected chi connectivity index (χ3v) is 5.37. The molecule has 0 saturated carbocycles. The number of carbonyl (C=O) groups excluding carboxylic acids is 1. The summed E-state index contributed by atoms with van der Waals surface area (Å²) in [5.74, 6) is -1.73. The second kappa shape index (κ2) is 10.5. The van der Waals surface area contributed by atoms with Crippen LogP contribution in [0.1, 0.15) is 43.7 Å². The van der Waals surface area contributed by atoms with Gasteiger partial charge < -0.3 is 9.84 Å². The third kappa shape index (κ3) is 5.09. The molecule has 6 heteroatoms. The van der Waals surface area contributed by atoms with E-state index < -0.39 is 11.9 Å². The Morgan fingerprint density at radius 2 is 1.34 bits per heavy atom. The maximum atomic E-state index is 11.7. The summed E-state index contributed by atoms with van der Waals surface area (Å²) in [5, 5.41) is 13.0. The highest BCUT2D eigenvalue weighted by Crippen LogP contribution is 2.26. The Balaban J connectivity index is 0.000000182. The van der Waals surface area contributed by atoms with Crippen molar-refractivity contribution in [1.29, 1.82) is 0 Å². The molecule has 0 fully saturated rings. The zero-order chi connectivity index (χ0) is 23.1. The Morgan fingerprint density at radius 3 is 1.81 bits per heavy atom. The van der Waals surface area contributed by atoms with Crippen LogP contribution in [-0.4, -0.2) is 33.6 Å². The van der Waals surface area contributed by atoms with Crippen LogP contribution in [-0.2, 0) is 14.3 Å². The number of ether oxygens (including phenoxy) is 1. The number of carboxylic acid groups (broad SMARTS) is 1. The van der Waals surface area contributed by atoms with E-state index in [9.17, 15) is 9.59 Å². The zero-order valence-corrected chi connectivity index (χ0v) is 18.4. The third-order valence-electron chi connectivity index (χ3n) is 5.37. The molecule has 0 amide bonds. The van der Waals surface area contributed by atoms with Crippen LogP contribution >= 0.6 is 0 Å². The van der Waals surface area contributed by atoms with Gasteiger partial charge in [-0.1, -0.05) is 36.4 Å². The number of rotatable bonds is 5. The maximum Gasteiger partial charge on any atom is 0.313 e. The molecule has 4 rings (SSSR count). The first kappa shape index (κ1) is 22.9. The molecule has 0 aliphatic rings. The van der Waals surface area contributed by atoms with Gasteiger partial charge in [0, 0.05) is 35.6 Å². The Bertz CT molecular complexity index is 1230. The van der Waals surface area contributed by atoms with E-state index in [0.29, 0.717) is 6.61 Å². The van der Waals surface area contributed by atoms with Gasteiger partial charge in [0.15, 0.2) is 0 Å². The minimum atomic E-state index is -0.806. The molecule has 164 valence electrons. The van der Waals surface area contributed by atoms with E-state index in [0.717, 1.165) is 32.7 Å². The van der Waals surface area contributed by atoms with Crippen molar-refractivity contribution in [3.05, 3.63) is 84.4 Å². The summed E-state index contributed by atoms with van der Waals surface area (Å²) < 4.78 is 5.05. The molecular formula is C26H26N2O4. The van der Waals surface area contributed by atoms with Crippen LogP contribution in [0.3, 0.4) is 0 Å². The summed E-state index contributed by atoms with van der Waals surface area (Å²) >= 11 is 0. The van der Waals surface area contributed by atoms with Crippen molar-refractivity contribution in [3.63, 3.8) is 0 Å².